The van der Waals surface area contributed by atoms with Crippen molar-refractivity contribution in [1.29, 1.82) is 0 Å². The number of hydrogen-bond donors (Lipinski definition) is 0. The molecule has 0 spiro atoms. The molecule has 0 aliphatic rings. The third-order valence-electron chi connectivity index (χ3n) is 4.40. The lowest BCUT2D eigenvalue weighted by atomic mass is 10.0. The van der Waals surface area contributed by atoms with E-state index >= 15 is 0 Å². The third kappa shape index (κ3) is 5.58. The molecular formula is C26H19F2NS. The smallest absolute Gasteiger partial charge is 0.153 e. The fourth-order valence-electron chi connectivity index (χ4n) is 2.85. The SMILES string of the molecule is CCCC#Cc1ccc(-c2ccc(/C=C/c3cc(F)c(N=C=S)c(F)c3)cc2)cc1. The maximum Gasteiger partial charge on any atom is 0.153 e. The van der Waals surface area contributed by atoms with Crippen LogP contribution >= 0.6 is 12.2 Å². The van der Waals surface area contributed by atoms with Gasteiger partial charge < -0.3 is 0 Å². The first kappa shape index (κ1) is 21.3. The first-order valence-electron chi connectivity index (χ1n) is 9.55. The highest BCUT2D eigenvalue weighted by molar-refractivity contribution is 7.78. The zero-order valence-corrected chi connectivity index (χ0v) is 17.3. The number of benzene rings is 3. The predicted molar refractivity (Wildman–Crippen MR) is 124 cm³/mol. The largest absolute Gasteiger partial charge is 0.204 e. The molecule has 0 fully saturated rings. The summed E-state index contributed by atoms with van der Waals surface area (Å²) >= 11 is 4.40. The van der Waals surface area contributed by atoms with Gasteiger partial charge in [-0.25, -0.2) is 8.78 Å². The van der Waals surface area contributed by atoms with Gasteiger partial charge in [0.2, 0.25) is 0 Å². The van der Waals surface area contributed by atoms with Crippen LogP contribution in [0.5, 0.6) is 0 Å². The van der Waals surface area contributed by atoms with Gasteiger partial charge >= 0.3 is 0 Å². The second-order valence-electron chi connectivity index (χ2n) is 6.62. The highest BCUT2D eigenvalue weighted by atomic mass is 32.1. The molecule has 3 rings (SSSR count). The van der Waals surface area contributed by atoms with Crippen LogP contribution in [0.4, 0.5) is 14.5 Å². The molecule has 0 aromatic heterocycles. The molecular weight excluding hydrogens is 396 g/mol. The summed E-state index contributed by atoms with van der Waals surface area (Å²) in [7, 11) is 0. The highest BCUT2D eigenvalue weighted by Crippen LogP contribution is 2.25. The van der Waals surface area contributed by atoms with Gasteiger partial charge in [-0.15, -0.1) is 0 Å². The maximum absolute atomic E-state index is 13.9. The van der Waals surface area contributed by atoms with E-state index in [4.69, 9.17) is 0 Å². The normalized spacial score (nSPS) is 10.4. The van der Waals surface area contributed by atoms with E-state index in [0.717, 1.165) is 35.1 Å². The van der Waals surface area contributed by atoms with E-state index < -0.39 is 17.3 Å². The van der Waals surface area contributed by atoms with Crippen molar-refractivity contribution in [3.8, 4) is 23.0 Å². The van der Waals surface area contributed by atoms with Crippen LogP contribution in [0.15, 0.2) is 65.7 Å². The molecule has 0 heterocycles. The van der Waals surface area contributed by atoms with Crippen LogP contribution in [0.2, 0.25) is 0 Å². The Morgan fingerprint density at radius 3 is 2.00 bits per heavy atom. The molecule has 0 radical (unpaired) electrons. The van der Waals surface area contributed by atoms with Crippen molar-refractivity contribution in [2.75, 3.05) is 0 Å². The van der Waals surface area contributed by atoms with Crippen LogP contribution in [0.3, 0.4) is 0 Å². The summed E-state index contributed by atoms with van der Waals surface area (Å²) in [6.45, 7) is 2.11. The van der Waals surface area contributed by atoms with Gasteiger partial charge in [-0.2, -0.15) is 4.99 Å². The van der Waals surface area contributed by atoms with Crippen molar-refractivity contribution in [2.24, 2.45) is 4.99 Å². The summed E-state index contributed by atoms with van der Waals surface area (Å²) in [5, 5.41) is 1.98. The van der Waals surface area contributed by atoms with Crippen LogP contribution < -0.4 is 0 Å². The maximum atomic E-state index is 13.9. The fraction of sp³-hybridized carbons (Fsp3) is 0.115. The Kier molecular flexibility index (Phi) is 7.40. The van der Waals surface area contributed by atoms with Gasteiger partial charge in [-0.05, 0) is 65.2 Å². The zero-order valence-electron chi connectivity index (χ0n) is 16.5. The average Bonchev–Trinajstić information content (AvgIpc) is 2.76. The average molecular weight is 416 g/mol. The van der Waals surface area contributed by atoms with Gasteiger partial charge in [0.05, 0.1) is 5.16 Å². The summed E-state index contributed by atoms with van der Waals surface area (Å²) in [5.41, 5.74) is 4.09. The van der Waals surface area contributed by atoms with Crippen molar-refractivity contribution < 1.29 is 8.78 Å². The highest BCUT2D eigenvalue weighted by Gasteiger charge is 2.09. The van der Waals surface area contributed by atoms with E-state index in [1.165, 1.54) is 12.1 Å². The molecule has 0 saturated carbocycles. The molecule has 0 amide bonds. The molecule has 3 aromatic carbocycles. The molecule has 0 unspecified atom stereocenters. The summed E-state index contributed by atoms with van der Waals surface area (Å²) in [5.74, 6) is 4.76. The van der Waals surface area contributed by atoms with Crippen LogP contribution in [-0.4, -0.2) is 5.16 Å². The topological polar surface area (TPSA) is 12.4 Å². The van der Waals surface area contributed by atoms with Crippen LogP contribution in [-0.2, 0) is 0 Å². The molecule has 30 heavy (non-hydrogen) atoms. The van der Waals surface area contributed by atoms with Gasteiger partial charge in [-0.3, -0.25) is 0 Å². The van der Waals surface area contributed by atoms with Gasteiger partial charge in [0.25, 0.3) is 0 Å². The van der Waals surface area contributed by atoms with Gasteiger partial charge in [0, 0.05) is 12.0 Å². The minimum atomic E-state index is -0.773. The van der Waals surface area contributed by atoms with E-state index in [-0.39, 0.29) is 0 Å². The lowest BCUT2D eigenvalue weighted by Crippen LogP contribution is -1.85. The first-order chi connectivity index (χ1) is 14.6. The molecule has 0 aliphatic heterocycles. The molecule has 0 N–H and O–H groups in total. The standard InChI is InChI=1S/C26H19F2NS/c1-2-3-4-5-19-8-12-22(13-9-19)23-14-10-20(11-15-23)6-7-21-16-24(27)26(29-18-30)25(28)17-21/h6-17H,2-3H2,1H3/b7-6+. The number of unbranched alkanes of at least 4 members (excludes halogenated alkanes) is 1. The molecule has 0 aliphatic carbocycles. The van der Waals surface area contributed by atoms with Gasteiger partial charge in [0.15, 0.2) is 11.6 Å². The van der Waals surface area contributed by atoms with E-state index in [9.17, 15) is 8.78 Å². The molecule has 0 bridgehead atoms. The van der Waals surface area contributed by atoms with Gasteiger partial charge in [-0.1, -0.05) is 67.3 Å². The lowest BCUT2D eigenvalue weighted by molar-refractivity contribution is 0.587. The first-order valence-corrected chi connectivity index (χ1v) is 9.96. The van der Waals surface area contributed by atoms with Crippen molar-refractivity contribution in [3.05, 3.63) is 89.0 Å². The molecule has 3 aromatic rings. The van der Waals surface area contributed by atoms with Crippen molar-refractivity contribution in [3.63, 3.8) is 0 Å². The van der Waals surface area contributed by atoms with Crippen LogP contribution in [0.25, 0.3) is 23.3 Å². The Hall–Kier alpha value is -3.38. The quantitative estimate of drug-likeness (QED) is 0.180. The van der Waals surface area contributed by atoms with Crippen LogP contribution in [0.1, 0.15) is 36.5 Å². The zero-order chi connectivity index (χ0) is 21.3. The number of halogens is 2. The number of isothiocyanates is 1. The summed E-state index contributed by atoms with van der Waals surface area (Å²) in [4.78, 5) is 3.41. The Balaban J connectivity index is 1.73. The molecule has 0 saturated heterocycles. The molecule has 1 nitrogen and oxygen atoms in total. The monoisotopic (exact) mass is 415 g/mol. The van der Waals surface area contributed by atoms with E-state index in [0.29, 0.717) is 5.56 Å². The van der Waals surface area contributed by atoms with Crippen molar-refractivity contribution in [2.45, 2.75) is 19.8 Å². The van der Waals surface area contributed by atoms with E-state index in [1.54, 1.807) is 12.2 Å². The van der Waals surface area contributed by atoms with Gasteiger partial charge in [0.1, 0.15) is 5.69 Å². The van der Waals surface area contributed by atoms with Crippen molar-refractivity contribution >= 4 is 35.2 Å². The molecule has 4 heteroatoms. The number of rotatable bonds is 5. The number of aliphatic imine (C=N–C) groups is 1. The molecule has 0 atom stereocenters. The predicted octanol–water partition coefficient (Wildman–Crippen LogP) is 7.69. The minimum absolute atomic E-state index is 0.400. The van der Waals surface area contributed by atoms with E-state index in [1.807, 2.05) is 41.6 Å². The van der Waals surface area contributed by atoms with Crippen LogP contribution in [0, 0.1) is 23.5 Å². The molecule has 148 valence electrons. The lowest BCUT2D eigenvalue weighted by Gasteiger charge is -2.03. The summed E-state index contributed by atoms with van der Waals surface area (Å²) in [6, 6.07) is 18.5. The summed E-state index contributed by atoms with van der Waals surface area (Å²) in [6.07, 6.45) is 5.41. The Morgan fingerprint density at radius 2 is 1.43 bits per heavy atom. The Bertz CT molecular complexity index is 1140. The second kappa shape index (κ2) is 10.4. The number of hydrogen-bond acceptors (Lipinski definition) is 2. The second-order valence-corrected chi connectivity index (χ2v) is 6.80. The minimum Gasteiger partial charge on any atom is -0.204 e. The summed E-state index contributed by atoms with van der Waals surface area (Å²) < 4.78 is 27.8. The van der Waals surface area contributed by atoms with Crippen molar-refractivity contribution in [1.82, 2.24) is 0 Å². The number of thiocarbonyl (C=S) groups is 1. The Morgan fingerprint density at radius 1 is 0.867 bits per heavy atom. The number of nitrogens with zero attached hydrogens (tertiary/aromatic N) is 1. The Labute approximate surface area is 180 Å². The third-order valence-corrected chi connectivity index (χ3v) is 4.49. The fourth-order valence-corrected chi connectivity index (χ4v) is 2.94. The van der Waals surface area contributed by atoms with E-state index in [2.05, 4.69) is 48.1 Å².